The number of allylic oxidation sites excluding steroid dienone is 2. The Morgan fingerprint density at radius 2 is 2.07 bits per heavy atom. The highest BCUT2D eigenvalue weighted by Crippen LogP contribution is 2.39. The average molecular weight is 419 g/mol. The number of nitrogens with one attached hydrogen (secondary N) is 2. The van der Waals surface area contributed by atoms with E-state index in [1.807, 2.05) is 18.6 Å². The number of aliphatic imine (C=N–C) groups is 1. The van der Waals surface area contributed by atoms with E-state index in [0.717, 1.165) is 17.0 Å². The summed E-state index contributed by atoms with van der Waals surface area (Å²) < 4.78 is 0. The third-order valence-electron chi connectivity index (χ3n) is 5.46. The van der Waals surface area contributed by atoms with Crippen LogP contribution in [-0.4, -0.2) is 28.6 Å². The molecule has 1 amide bonds. The predicted molar refractivity (Wildman–Crippen MR) is 125 cm³/mol. The zero-order valence-corrected chi connectivity index (χ0v) is 18.2. The van der Waals surface area contributed by atoms with E-state index < -0.39 is 0 Å². The monoisotopic (exact) mass is 418 g/mol. The zero-order chi connectivity index (χ0) is 21.1. The summed E-state index contributed by atoms with van der Waals surface area (Å²) in [5.74, 6) is 0.282. The van der Waals surface area contributed by atoms with Crippen LogP contribution in [0, 0.1) is 5.92 Å². The molecule has 30 heavy (non-hydrogen) atoms. The molecule has 1 aromatic heterocycles. The van der Waals surface area contributed by atoms with Gasteiger partial charge in [0.1, 0.15) is 0 Å². The SMILES string of the molecule is CC(=O)NC1Nc2ccc(C(C)=CC(C)C3CC(c4ccncc4)=CC=N3)cc2S1. The van der Waals surface area contributed by atoms with Crippen molar-refractivity contribution in [3.05, 3.63) is 66.0 Å². The molecular formula is C24H26N4OS. The number of dihydropyridines is 1. The Morgan fingerprint density at radius 3 is 2.83 bits per heavy atom. The second-order valence-electron chi connectivity index (χ2n) is 7.76. The standard InChI is InChI=1S/C24H26N4OS/c1-15(19-4-5-21-23(14-19)30-24(28-21)27-17(3)29)12-16(2)22-13-20(8-11-26-22)18-6-9-25-10-7-18/h4-12,14,16,22,24,28H,13H2,1-3H3,(H,27,29). The molecule has 3 unspecified atom stereocenters. The van der Waals surface area contributed by atoms with Crippen molar-refractivity contribution >= 4 is 40.7 Å². The van der Waals surface area contributed by atoms with Crippen molar-refractivity contribution in [2.24, 2.45) is 10.9 Å². The number of nitrogens with zero attached hydrogens (tertiary/aromatic N) is 2. The van der Waals surface area contributed by atoms with Gasteiger partial charge in [0.15, 0.2) is 5.50 Å². The van der Waals surface area contributed by atoms with E-state index in [9.17, 15) is 4.79 Å². The average Bonchev–Trinajstić information content (AvgIpc) is 3.15. The summed E-state index contributed by atoms with van der Waals surface area (Å²) in [5, 5.41) is 6.23. The summed E-state index contributed by atoms with van der Waals surface area (Å²) in [6.07, 6.45) is 10.9. The number of hydrogen-bond acceptors (Lipinski definition) is 5. The summed E-state index contributed by atoms with van der Waals surface area (Å²) in [5.41, 5.74) is 5.91. The van der Waals surface area contributed by atoms with E-state index >= 15 is 0 Å². The fraction of sp³-hybridized carbons (Fsp3) is 0.292. The fourth-order valence-electron chi connectivity index (χ4n) is 3.83. The van der Waals surface area contributed by atoms with Gasteiger partial charge < -0.3 is 10.6 Å². The minimum absolute atomic E-state index is 0.0360. The summed E-state index contributed by atoms with van der Waals surface area (Å²) in [7, 11) is 0. The van der Waals surface area contributed by atoms with E-state index in [0.29, 0.717) is 5.92 Å². The number of hydrogen-bond donors (Lipinski definition) is 2. The van der Waals surface area contributed by atoms with E-state index in [4.69, 9.17) is 4.99 Å². The number of benzene rings is 1. The molecule has 2 aliphatic rings. The van der Waals surface area contributed by atoms with Gasteiger partial charge in [-0.1, -0.05) is 30.8 Å². The van der Waals surface area contributed by atoms with E-state index in [2.05, 4.69) is 71.9 Å². The van der Waals surface area contributed by atoms with Crippen molar-refractivity contribution in [2.75, 3.05) is 5.32 Å². The minimum atomic E-state index is -0.106. The number of rotatable bonds is 5. The molecule has 0 radical (unpaired) electrons. The first kappa shape index (κ1) is 20.4. The molecule has 2 aromatic rings. The third kappa shape index (κ3) is 4.65. The van der Waals surface area contributed by atoms with E-state index in [1.54, 1.807) is 11.8 Å². The first-order valence-corrected chi connectivity index (χ1v) is 11.0. The number of carbonyl (C=O) groups is 1. The molecule has 0 bridgehead atoms. The van der Waals surface area contributed by atoms with Crippen LogP contribution in [0.25, 0.3) is 11.1 Å². The van der Waals surface area contributed by atoms with Crippen LogP contribution in [0.3, 0.4) is 0 Å². The molecule has 0 fully saturated rings. The van der Waals surface area contributed by atoms with Crippen LogP contribution in [-0.2, 0) is 4.79 Å². The maximum absolute atomic E-state index is 11.3. The summed E-state index contributed by atoms with van der Waals surface area (Å²) in [6.45, 7) is 5.92. The molecule has 0 saturated heterocycles. The Bertz CT molecular complexity index is 1030. The number of thioether (sulfide) groups is 1. The van der Waals surface area contributed by atoms with Gasteiger partial charge in [0.2, 0.25) is 5.91 Å². The maximum atomic E-state index is 11.3. The molecule has 3 heterocycles. The van der Waals surface area contributed by atoms with Crippen LogP contribution >= 0.6 is 11.8 Å². The molecule has 3 atom stereocenters. The van der Waals surface area contributed by atoms with Crippen molar-refractivity contribution in [1.29, 1.82) is 0 Å². The quantitative estimate of drug-likeness (QED) is 0.718. The lowest BCUT2D eigenvalue weighted by Crippen LogP contribution is -2.33. The summed E-state index contributed by atoms with van der Waals surface area (Å²) in [4.78, 5) is 21.3. The lowest BCUT2D eigenvalue weighted by molar-refractivity contribution is -0.119. The van der Waals surface area contributed by atoms with Gasteiger partial charge in [-0.3, -0.25) is 14.8 Å². The Balaban J connectivity index is 1.45. The summed E-state index contributed by atoms with van der Waals surface area (Å²) >= 11 is 1.63. The van der Waals surface area contributed by atoms with Crippen LogP contribution in [0.5, 0.6) is 0 Å². The normalized spacial score (nSPS) is 21.4. The first-order chi connectivity index (χ1) is 14.5. The van der Waals surface area contributed by atoms with Crippen molar-refractivity contribution in [2.45, 2.75) is 43.6 Å². The number of amides is 1. The Hall–Kier alpha value is -2.86. The number of carbonyl (C=O) groups excluding carboxylic acids is 1. The van der Waals surface area contributed by atoms with Gasteiger partial charge in [-0.2, -0.15) is 0 Å². The number of anilines is 1. The second-order valence-corrected chi connectivity index (χ2v) is 8.91. The molecule has 6 heteroatoms. The number of pyridine rings is 1. The first-order valence-electron chi connectivity index (χ1n) is 10.2. The van der Waals surface area contributed by atoms with Crippen molar-refractivity contribution in [3.8, 4) is 0 Å². The van der Waals surface area contributed by atoms with Crippen LogP contribution in [0.15, 0.2) is 64.8 Å². The lowest BCUT2D eigenvalue weighted by Gasteiger charge is -2.22. The predicted octanol–water partition coefficient (Wildman–Crippen LogP) is 4.99. The van der Waals surface area contributed by atoms with E-state index in [1.165, 1.54) is 29.2 Å². The highest BCUT2D eigenvalue weighted by molar-refractivity contribution is 8.00. The number of aromatic nitrogens is 1. The smallest absolute Gasteiger partial charge is 0.219 e. The van der Waals surface area contributed by atoms with Crippen LogP contribution in [0.1, 0.15) is 38.3 Å². The van der Waals surface area contributed by atoms with Crippen LogP contribution in [0.2, 0.25) is 0 Å². The van der Waals surface area contributed by atoms with Crippen molar-refractivity contribution in [1.82, 2.24) is 10.3 Å². The molecule has 2 aliphatic heterocycles. The van der Waals surface area contributed by atoms with Crippen molar-refractivity contribution < 1.29 is 4.79 Å². The van der Waals surface area contributed by atoms with Gasteiger partial charge >= 0.3 is 0 Å². The van der Waals surface area contributed by atoms with Gasteiger partial charge in [-0.05, 0) is 71.9 Å². The Kier molecular flexibility index (Phi) is 6.04. The highest BCUT2D eigenvalue weighted by Gasteiger charge is 2.23. The van der Waals surface area contributed by atoms with Gasteiger partial charge in [0.25, 0.3) is 0 Å². The molecular weight excluding hydrogens is 392 g/mol. The minimum Gasteiger partial charge on any atom is -0.356 e. The molecule has 0 saturated carbocycles. The molecule has 4 rings (SSSR count). The number of fused-ring (bicyclic) bond motifs is 1. The molecule has 1 aromatic carbocycles. The van der Waals surface area contributed by atoms with Gasteiger partial charge in [-0.15, -0.1) is 0 Å². The second kappa shape index (κ2) is 8.88. The Labute approximate surface area is 181 Å². The fourth-order valence-corrected chi connectivity index (χ4v) is 4.94. The molecule has 0 aliphatic carbocycles. The topological polar surface area (TPSA) is 66.4 Å². The largest absolute Gasteiger partial charge is 0.356 e. The molecule has 0 spiro atoms. The molecule has 5 nitrogen and oxygen atoms in total. The van der Waals surface area contributed by atoms with Gasteiger partial charge in [-0.25, -0.2) is 0 Å². The third-order valence-corrected chi connectivity index (χ3v) is 6.52. The highest BCUT2D eigenvalue weighted by atomic mass is 32.2. The zero-order valence-electron chi connectivity index (χ0n) is 17.4. The van der Waals surface area contributed by atoms with Crippen LogP contribution in [0.4, 0.5) is 5.69 Å². The van der Waals surface area contributed by atoms with Gasteiger partial charge in [0.05, 0.1) is 11.7 Å². The van der Waals surface area contributed by atoms with E-state index in [-0.39, 0.29) is 17.4 Å². The molecule has 154 valence electrons. The van der Waals surface area contributed by atoms with Gasteiger partial charge in [0, 0.05) is 30.4 Å². The Morgan fingerprint density at radius 1 is 1.27 bits per heavy atom. The summed E-state index contributed by atoms with van der Waals surface area (Å²) in [6, 6.07) is 10.7. The van der Waals surface area contributed by atoms with Crippen LogP contribution < -0.4 is 10.6 Å². The van der Waals surface area contributed by atoms with Crippen molar-refractivity contribution in [3.63, 3.8) is 0 Å². The lowest BCUT2D eigenvalue weighted by atomic mass is 9.89. The molecule has 2 N–H and O–H groups in total. The maximum Gasteiger partial charge on any atom is 0.219 e.